The highest BCUT2D eigenvalue weighted by Gasteiger charge is 2.31. The summed E-state index contributed by atoms with van der Waals surface area (Å²) in [4.78, 5) is 6.57. The molecule has 1 aliphatic heterocycles. The number of nitrogens with one attached hydrogen (secondary N) is 2. The van der Waals surface area contributed by atoms with Gasteiger partial charge in [0.05, 0.1) is 18.2 Å². The molecule has 0 saturated carbocycles. The molecule has 0 spiro atoms. The number of aromatic amines is 1. The van der Waals surface area contributed by atoms with Crippen molar-refractivity contribution >= 4 is 5.95 Å². The van der Waals surface area contributed by atoms with Gasteiger partial charge >= 0.3 is 6.18 Å². The number of benzene rings is 1. The molecule has 1 atom stereocenters. The lowest BCUT2D eigenvalue weighted by Crippen LogP contribution is -2.39. The number of alkyl halides is 3. The number of aromatic nitrogens is 3. The Bertz CT molecular complexity index is 731. The molecule has 9 heteroatoms. The van der Waals surface area contributed by atoms with E-state index in [1.165, 1.54) is 13.2 Å². The van der Waals surface area contributed by atoms with Crippen molar-refractivity contribution in [3.8, 4) is 17.1 Å². The molecule has 0 bridgehead atoms. The molecule has 1 aliphatic rings. The lowest BCUT2D eigenvalue weighted by molar-refractivity contribution is -0.137. The van der Waals surface area contributed by atoms with Gasteiger partial charge in [0.25, 0.3) is 0 Å². The van der Waals surface area contributed by atoms with Gasteiger partial charge in [-0.2, -0.15) is 18.2 Å². The lowest BCUT2D eigenvalue weighted by Gasteiger charge is -2.29. The van der Waals surface area contributed by atoms with Gasteiger partial charge in [0, 0.05) is 12.6 Å². The van der Waals surface area contributed by atoms with Crippen LogP contribution < -0.4 is 10.1 Å². The average molecular weight is 355 g/mol. The quantitative estimate of drug-likeness (QED) is 0.883. The minimum atomic E-state index is -4.42. The first-order chi connectivity index (χ1) is 11.9. The monoisotopic (exact) mass is 355 g/mol. The van der Waals surface area contributed by atoms with Gasteiger partial charge < -0.3 is 15.0 Å². The van der Waals surface area contributed by atoms with Crippen LogP contribution in [0, 0.1) is 0 Å². The van der Waals surface area contributed by atoms with Crippen LogP contribution in [0.4, 0.5) is 19.1 Å². The maximum atomic E-state index is 12.8. The zero-order valence-corrected chi connectivity index (χ0v) is 14.0. The number of likely N-dealkylation sites (N-methyl/N-ethyl adjacent to an activating group) is 1. The van der Waals surface area contributed by atoms with E-state index < -0.39 is 11.7 Å². The second-order valence-electron chi connectivity index (χ2n) is 6.17. The molecule has 1 saturated heterocycles. The van der Waals surface area contributed by atoms with Gasteiger partial charge in [0.1, 0.15) is 5.75 Å². The highest BCUT2D eigenvalue weighted by molar-refractivity contribution is 5.65. The standard InChI is InChI=1S/C16H20F3N5O/c1-24-7-3-4-11(9-24)20-15-21-14(22-23-15)12-6-5-10(16(17,18)19)8-13(12)25-2/h5-6,8,11H,3-4,7,9H2,1-2H3,(H2,20,21,22,23). The highest BCUT2D eigenvalue weighted by Crippen LogP contribution is 2.36. The topological polar surface area (TPSA) is 66.1 Å². The predicted molar refractivity (Wildman–Crippen MR) is 87.5 cm³/mol. The number of anilines is 1. The van der Waals surface area contributed by atoms with Crippen LogP contribution in [0.3, 0.4) is 0 Å². The summed E-state index contributed by atoms with van der Waals surface area (Å²) in [6, 6.07) is 3.54. The fourth-order valence-electron chi connectivity index (χ4n) is 2.98. The van der Waals surface area contributed by atoms with Crippen molar-refractivity contribution in [2.24, 2.45) is 0 Å². The van der Waals surface area contributed by atoms with Crippen LogP contribution in [-0.4, -0.2) is 53.4 Å². The van der Waals surface area contributed by atoms with Crippen molar-refractivity contribution in [3.63, 3.8) is 0 Å². The minimum absolute atomic E-state index is 0.0925. The van der Waals surface area contributed by atoms with Crippen molar-refractivity contribution < 1.29 is 17.9 Å². The third-order valence-corrected chi connectivity index (χ3v) is 4.23. The maximum Gasteiger partial charge on any atom is 0.416 e. The summed E-state index contributed by atoms with van der Waals surface area (Å²) >= 11 is 0. The lowest BCUT2D eigenvalue weighted by atomic mass is 10.1. The number of ether oxygens (including phenoxy) is 1. The Morgan fingerprint density at radius 1 is 1.36 bits per heavy atom. The van der Waals surface area contributed by atoms with E-state index in [2.05, 4.69) is 32.4 Å². The second-order valence-corrected chi connectivity index (χ2v) is 6.17. The number of nitrogens with zero attached hydrogens (tertiary/aromatic N) is 3. The molecule has 1 fully saturated rings. The molecule has 0 radical (unpaired) electrons. The van der Waals surface area contributed by atoms with E-state index in [9.17, 15) is 13.2 Å². The molecule has 2 heterocycles. The van der Waals surface area contributed by atoms with Gasteiger partial charge in [0.2, 0.25) is 5.95 Å². The predicted octanol–water partition coefficient (Wildman–Crippen LogP) is 3.01. The van der Waals surface area contributed by atoms with Gasteiger partial charge in [-0.05, 0) is 44.6 Å². The Hall–Kier alpha value is -2.29. The Kier molecular flexibility index (Phi) is 4.85. The number of likely N-dealkylation sites (tertiary alicyclic amines) is 1. The zero-order valence-electron chi connectivity index (χ0n) is 14.0. The van der Waals surface area contributed by atoms with Crippen LogP contribution >= 0.6 is 0 Å². The molecule has 0 aliphatic carbocycles. The number of hydrogen-bond acceptors (Lipinski definition) is 5. The third-order valence-electron chi connectivity index (χ3n) is 4.23. The molecule has 25 heavy (non-hydrogen) atoms. The molecular formula is C16H20F3N5O. The summed E-state index contributed by atoms with van der Waals surface area (Å²) in [5.41, 5.74) is -0.340. The van der Waals surface area contributed by atoms with Gasteiger partial charge in [-0.3, -0.25) is 5.10 Å². The number of methoxy groups -OCH3 is 1. The molecule has 2 N–H and O–H groups in total. The second kappa shape index (κ2) is 6.91. The fraction of sp³-hybridized carbons (Fsp3) is 0.500. The van der Waals surface area contributed by atoms with Crippen LogP contribution in [0.15, 0.2) is 18.2 Å². The van der Waals surface area contributed by atoms with Gasteiger partial charge in [0.15, 0.2) is 5.82 Å². The Morgan fingerprint density at radius 2 is 2.16 bits per heavy atom. The average Bonchev–Trinajstić information content (AvgIpc) is 3.01. The molecule has 1 unspecified atom stereocenters. The highest BCUT2D eigenvalue weighted by atomic mass is 19.4. The first-order valence-electron chi connectivity index (χ1n) is 8.00. The van der Waals surface area contributed by atoms with E-state index in [0.29, 0.717) is 17.3 Å². The maximum absolute atomic E-state index is 12.8. The SMILES string of the molecule is COc1cc(C(F)(F)F)ccc1-c1nc(NC2CCCN(C)C2)n[nH]1. The van der Waals surface area contributed by atoms with E-state index in [1.54, 1.807) is 0 Å². The van der Waals surface area contributed by atoms with E-state index in [-0.39, 0.29) is 11.8 Å². The number of halogens is 3. The smallest absolute Gasteiger partial charge is 0.416 e. The summed E-state index contributed by atoms with van der Waals surface area (Å²) in [7, 11) is 3.39. The molecule has 1 aromatic heterocycles. The minimum Gasteiger partial charge on any atom is -0.496 e. The van der Waals surface area contributed by atoms with Crippen molar-refractivity contribution in [3.05, 3.63) is 23.8 Å². The van der Waals surface area contributed by atoms with Gasteiger partial charge in [-0.1, -0.05) is 0 Å². The van der Waals surface area contributed by atoms with E-state index >= 15 is 0 Å². The van der Waals surface area contributed by atoms with Crippen LogP contribution in [0.25, 0.3) is 11.4 Å². The zero-order chi connectivity index (χ0) is 18.0. The number of H-pyrrole nitrogens is 1. The van der Waals surface area contributed by atoms with Crippen LogP contribution in [0.1, 0.15) is 18.4 Å². The number of hydrogen-bond donors (Lipinski definition) is 2. The first-order valence-corrected chi connectivity index (χ1v) is 8.00. The van der Waals surface area contributed by atoms with Crippen LogP contribution in [0.2, 0.25) is 0 Å². The van der Waals surface area contributed by atoms with E-state index in [1.807, 2.05) is 0 Å². The summed E-state index contributed by atoms with van der Waals surface area (Å²) in [6.45, 7) is 1.97. The molecular weight excluding hydrogens is 335 g/mol. The summed E-state index contributed by atoms with van der Waals surface area (Å²) in [6.07, 6.45) is -2.30. The first kappa shape index (κ1) is 17.5. The molecule has 2 aromatic rings. The van der Waals surface area contributed by atoms with E-state index in [4.69, 9.17) is 4.74 Å². The largest absolute Gasteiger partial charge is 0.496 e. The Balaban J connectivity index is 1.79. The normalized spacial score (nSPS) is 19.0. The van der Waals surface area contributed by atoms with Crippen LogP contribution in [0.5, 0.6) is 5.75 Å². The fourth-order valence-corrected chi connectivity index (χ4v) is 2.98. The van der Waals surface area contributed by atoms with Crippen molar-refractivity contribution in [2.45, 2.75) is 25.1 Å². The van der Waals surface area contributed by atoms with E-state index in [0.717, 1.165) is 38.1 Å². The van der Waals surface area contributed by atoms with Gasteiger partial charge in [-0.25, -0.2) is 0 Å². The van der Waals surface area contributed by atoms with Crippen molar-refractivity contribution in [2.75, 3.05) is 32.6 Å². The number of piperidine rings is 1. The number of rotatable bonds is 4. The Labute approximate surface area is 143 Å². The van der Waals surface area contributed by atoms with Gasteiger partial charge in [-0.15, -0.1) is 5.10 Å². The van der Waals surface area contributed by atoms with Crippen LogP contribution in [-0.2, 0) is 6.18 Å². The molecule has 3 rings (SSSR count). The van der Waals surface area contributed by atoms with Crippen molar-refractivity contribution in [1.82, 2.24) is 20.1 Å². The summed E-state index contributed by atoms with van der Waals surface area (Å²) in [5.74, 6) is 0.879. The summed E-state index contributed by atoms with van der Waals surface area (Å²) < 4.78 is 43.6. The summed E-state index contributed by atoms with van der Waals surface area (Å²) in [5, 5.41) is 10.1. The molecule has 6 nitrogen and oxygen atoms in total. The Morgan fingerprint density at radius 3 is 2.84 bits per heavy atom. The molecule has 136 valence electrons. The third kappa shape index (κ3) is 4.04. The molecule has 0 amide bonds. The van der Waals surface area contributed by atoms with Crippen molar-refractivity contribution in [1.29, 1.82) is 0 Å². The molecule has 1 aromatic carbocycles.